The second-order valence-corrected chi connectivity index (χ2v) is 16.6. The maximum absolute atomic E-state index is 6.16. The van der Waals surface area contributed by atoms with Crippen LogP contribution >= 0.6 is 0 Å². The lowest BCUT2D eigenvalue weighted by atomic mass is 9.79. The lowest BCUT2D eigenvalue weighted by Gasteiger charge is -2.26. The molecule has 0 N–H and O–H groups in total. The minimum absolute atomic E-state index is 0.0418. The molecule has 2 atom stereocenters. The normalized spacial score (nSPS) is 19.4. The van der Waals surface area contributed by atoms with E-state index in [0.717, 1.165) is 0 Å². The van der Waals surface area contributed by atoms with Crippen molar-refractivity contribution in [3.05, 3.63) is 99.4 Å². The lowest BCUT2D eigenvalue weighted by Crippen LogP contribution is -2.17. The molecule has 2 aliphatic rings. The molecule has 3 aromatic rings. The predicted octanol–water partition coefficient (Wildman–Crippen LogP) is 9.31. The van der Waals surface area contributed by atoms with Crippen molar-refractivity contribution in [2.75, 3.05) is 13.2 Å². The Hall–Kier alpha value is -3.47. The standard InChI is InChI=1S/C39H51N3O2/c1-36(2,3)26-16-24(17-27(20-26)37(4,5)6)32-22-43-34(41-32)30-14-13-15-31(40-30)35-42-33(23-44-35)25-18-28(38(7,8)9)21-29(19-25)39(10,11)12/h13-21,32-33H,22-23H2,1-12H3. The zero-order valence-corrected chi connectivity index (χ0v) is 28.9. The third kappa shape index (κ3) is 6.92. The Morgan fingerprint density at radius 1 is 0.500 bits per heavy atom. The van der Waals surface area contributed by atoms with Gasteiger partial charge >= 0.3 is 0 Å². The fourth-order valence-electron chi connectivity index (χ4n) is 5.46. The van der Waals surface area contributed by atoms with E-state index in [1.165, 1.54) is 33.4 Å². The molecule has 0 spiro atoms. The average molecular weight is 594 g/mol. The highest BCUT2D eigenvalue weighted by molar-refractivity contribution is 5.97. The number of aliphatic imine (C=N–C) groups is 2. The van der Waals surface area contributed by atoms with E-state index < -0.39 is 0 Å². The zero-order valence-electron chi connectivity index (χ0n) is 28.9. The molecule has 0 amide bonds. The summed E-state index contributed by atoms with van der Waals surface area (Å²) in [5.74, 6) is 1.14. The molecule has 5 heteroatoms. The molecule has 5 rings (SSSR count). The number of nitrogens with zero attached hydrogens (tertiary/aromatic N) is 3. The SMILES string of the molecule is CC(C)(C)c1cc(C2COC(c3cccc(C4=NC(c5cc(C(C)(C)C)cc(C(C)(C)C)c5)CO4)n3)=N2)cc(C(C)(C)C)c1. The van der Waals surface area contributed by atoms with Crippen LogP contribution in [0.15, 0.2) is 64.6 Å². The smallest absolute Gasteiger partial charge is 0.236 e. The Morgan fingerprint density at radius 2 is 0.818 bits per heavy atom. The molecular weight excluding hydrogens is 542 g/mol. The van der Waals surface area contributed by atoms with Crippen LogP contribution in [0.1, 0.15) is 140 Å². The molecule has 0 fully saturated rings. The van der Waals surface area contributed by atoms with Crippen LogP contribution in [0.5, 0.6) is 0 Å². The van der Waals surface area contributed by atoms with Gasteiger partial charge in [-0.15, -0.1) is 0 Å². The Morgan fingerprint density at radius 3 is 1.11 bits per heavy atom. The van der Waals surface area contributed by atoms with Crippen LogP contribution in [0.25, 0.3) is 0 Å². The van der Waals surface area contributed by atoms with Crippen molar-refractivity contribution in [1.29, 1.82) is 0 Å². The Balaban J connectivity index is 1.43. The van der Waals surface area contributed by atoms with E-state index in [2.05, 4.69) is 119 Å². The molecule has 2 unspecified atom stereocenters. The van der Waals surface area contributed by atoms with Crippen LogP contribution < -0.4 is 0 Å². The van der Waals surface area contributed by atoms with E-state index in [1.807, 2.05) is 18.2 Å². The van der Waals surface area contributed by atoms with Crippen molar-refractivity contribution in [2.45, 2.75) is 117 Å². The van der Waals surface area contributed by atoms with E-state index in [-0.39, 0.29) is 33.7 Å². The largest absolute Gasteiger partial charge is 0.474 e. The van der Waals surface area contributed by atoms with E-state index in [0.29, 0.717) is 36.4 Å². The Bertz CT molecular complexity index is 1420. The molecular formula is C39H51N3O2. The van der Waals surface area contributed by atoms with Gasteiger partial charge in [0.2, 0.25) is 11.8 Å². The molecule has 44 heavy (non-hydrogen) atoms. The van der Waals surface area contributed by atoms with Crippen molar-refractivity contribution in [1.82, 2.24) is 4.98 Å². The van der Waals surface area contributed by atoms with Crippen molar-refractivity contribution < 1.29 is 9.47 Å². The third-order valence-corrected chi connectivity index (χ3v) is 8.63. The van der Waals surface area contributed by atoms with Crippen molar-refractivity contribution in [2.24, 2.45) is 9.98 Å². The first-order valence-electron chi connectivity index (χ1n) is 16.0. The second-order valence-electron chi connectivity index (χ2n) is 16.6. The number of ether oxygens (including phenoxy) is 2. The average Bonchev–Trinajstić information content (AvgIpc) is 3.62. The van der Waals surface area contributed by atoms with Crippen LogP contribution in [0.2, 0.25) is 0 Å². The summed E-state index contributed by atoms with van der Waals surface area (Å²) in [4.78, 5) is 15.0. The van der Waals surface area contributed by atoms with Gasteiger partial charge in [-0.1, -0.05) is 126 Å². The van der Waals surface area contributed by atoms with Crippen LogP contribution in [-0.2, 0) is 31.1 Å². The maximum Gasteiger partial charge on any atom is 0.236 e. The highest BCUT2D eigenvalue weighted by Gasteiger charge is 2.30. The van der Waals surface area contributed by atoms with Crippen LogP contribution in [0, 0.1) is 0 Å². The van der Waals surface area contributed by atoms with Gasteiger partial charge in [-0.3, -0.25) is 0 Å². The molecule has 2 aromatic carbocycles. The summed E-state index contributed by atoms with van der Waals surface area (Å²) in [6.07, 6.45) is 0. The van der Waals surface area contributed by atoms with E-state index in [1.54, 1.807) is 0 Å². The first-order valence-corrected chi connectivity index (χ1v) is 16.0. The van der Waals surface area contributed by atoms with Gasteiger partial charge in [0.05, 0.1) is 0 Å². The quantitative estimate of drug-likeness (QED) is 0.303. The summed E-state index contributed by atoms with van der Waals surface area (Å²) in [6, 6.07) is 19.6. The van der Waals surface area contributed by atoms with E-state index >= 15 is 0 Å². The van der Waals surface area contributed by atoms with Gasteiger partial charge in [-0.2, -0.15) is 0 Å². The summed E-state index contributed by atoms with van der Waals surface area (Å²) in [7, 11) is 0. The summed E-state index contributed by atoms with van der Waals surface area (Å²) < 4.78 is 12.3. The van der Waals surface area contributed by atoms with Crippen molar-refractivity contribution in [3.63, 3.8) is 0 Å². The number of hydrogen-bond donors (Lipinski definition) is 0. The van der Waals surface area contributed by atoms with Crippen LogP contribution in [0.3, 0.4) is 0 Å². The fourth-order valence-corrected chi connectivity index (χ4v) is 5.46. The monoisotopic (exact) mass is 593 g/mol. The molecule has 0 aliphatic carbocycles. The molecule has 2 aliphatic heterocycles. The van der Waals surface area contributed by atoms with Gasteiger partial charge in [-0.05, 0) is 67.2 Å². The topological polar surface area (TPSA) is 56.1 Å². The molecule has 0 saturated carbocycles. The van der Waals surface area contributed by atoms with Gasteiger partial charge in [0.15, 0.2) is 0 Å². The highest BCUT2D eigenvalue weighted by Crippen LogP contribution is 2.36. The first-order chi connectivity index (χ1) is 20.3. The Labute approximate surface area is 265 Å². The van der Waals surface area contributed by atoms with E-state index in [4.69, 9.17) is 24.4 Å². The van der Waals surface area contributed by atoms with Gasteiger partial charge in [0.25, 0.3) is 0 Å². The van der Waals surface area contributed by atoms with Crippen LogP contribution in [-0.4, -0.2) is 30.0 Å². The third-order valence-electron chi connectivity index (χ3n) is 8.63. The molecule has 234 valence electrons. The summed E-state index contributed by atoms with van der Waals surface area (Å²) in [5, 5.41) is 0. The number of benzene rings is 2. The van der Waals surface area contributed by atoms with Gasteiger partial charge in [-0.25, -0.2) is 15.0 Å². The minimum atomic E-state index is -0.0737. The summed E-state index contributed by atoms with van der Waals surface area (Å²) >= 11 is 0. The highest BCUT2D eigenvalue weighted by atomic mass is 16.5. The molecule has 0 saturated heterocycles. The fraction of sp³-hybridized carbons (Fsp3) is 0.513. The molecule has 1 aromatic heterocycles. The maximum atomic E-state index is 6.16. The lowest BCUT2D eigenvalue weighted by molar-refractivity contribution is 0.317. The molecule has 5 nitrogen and oxygen atoms in total. The number of pyridine rings is 1. The number of hydrogen-bond acceptors (Lipinski definition) is 5. The summed E-state index contributed by atoms with van der Waals surface area (Å²) in [5.41, 5.74) is 9.21. The van der Waals surface area contributed by atoms with E-state index in [9.17, 15) is 0 Å². The molecule has 0 radical (unpaired) electrons. The van der Waals surface area contributed by atoms with Gasteiger partial charge in [0, 0.05) is 0 Å². The minimum Gasteiger partial charge on any atom is -0.474 e. The number of rotatable bonds is 4. The summed E-state index contributed by atoms with van der Waals surface area (Å²) in [6.45, 7) is 28.1. The van der Waals surface area contributed by atoms with Crippen molar-refractivity contribution >= 4 is 11.8 Å². The van der Waals surface area contributed by atoms with Crippen molar-refractivity contribution in [3.8, 4) is 0 Å². The molecule has 0 bridgehead atoms. The van der Waals surface area contributed by atoms with Gasteiger partial charge in [0.1, 0.15) is 36.7 Å². The number of aromatic nitrogens is 1. The zero-order chi connectivity index (χ0) is 32.2. The predicted molar refractivity (Wildman–Crippen MR) is 182 cm³/mol. The second kappa shape index (κ2) is 11.2. The first kappa shape index (κ1) is 31.9. The van der Waals surface area contributed by atoms with Gasteiger partial charge < -0.3 is 9.47 Å². The molecule has 3 heterocycles. The Kier molecular flexibility index (Phi) is 8.10. The van der Waals surface area contributed by atoms with Crippen LogP contribution in [0.4, 0.5) is 0 Å².